The number of nitrogens with one attached hydrogen (secondary N) is 1. The smallest absolute Gasteiger partial charge is 0.416 e. The number of nitrogens with zero attached hydrogens (tertiary/aromatic N) is 2. The molecule has 0 amide bonds. The van der Waals surface area contributed by atoms with E-state index in [4.69, 9.17) is 25.6 Å². The Morgan fingerprint density at radius 3 is 2.26 bits per heavy atom. The number of hydrogen-bond acceptors (Lipinski definition) is 7. The lowest BCUT2D eigenvalue weighted by Gasteiger charge is -2.28. The van der Waals surface area contributed by atoms with Gasteiger partial charge >= 0.3 is 12.1 Å². The zero-order valence-corrected chi connectivity index (χ0v) is 20.5. The first kappa shape index (κ1) is 26.5. The van der Waals surface area contributed by atoms with Crippen LogP contribution in [0.1, 0.15) is 44.7 Å². The average Bonchev–Trinajstić information content (AvgIpc) is 3.30. The Labute approximate surface area is 205 Å². The molecule has 0 saturated heterocycles. The van der Waals surface area contributed by atoms with Gasteiger partial charge in [-0.05, 0) is 64.6 Å². The third-order valence-electron chi connectivity index (χ3n) is 5.47. The second-order valence-corrected chi connectivity index (χ2v) is 8.76. The van der Waals surface area contributed by atoms with Crippen molar-refractivity contribution in [1.82, 2.24) is 15.5 Å². The summed E-state index contributed by atoms with van der Waals surface area (Å²) in [5.74, 6) is 0.0636. The van der Waals surface area contributed by atoms with Crippen molar-refractivity contribution in [3.63, 3.8) is 0 Å². The van der Waals surface area contributed by atoms with Crippen molar-refractivity contribution in [3.8, 4) is 17.1 Å². The number of esters is 1. The molecule has 188 valence electrons. The van der Waals surface area contributed by atoms with Crippen molar-refractivity contribution < 1.29 is 32.0 Å². The van der Waals surface area contributed by atoms with Crippen LogP contribution in [0.15, 0.2) is 47.0 Å². The Morgan fingerprint density at radius 1 is 1.09 bits per heavy atom. The maximum atomic E-state index is 12.8. The topological polar surface area (TPSA) is 86.5 Å². The molecule has 0 aliphatic rings. The van der Waals surface area contributed by atoms with Gasteiger partial charge in [-0.25, -0.2) is 4.79 Å². The lowest BCUT2D eigenvalue weighted by Crippen LogP contribution is -2.40. The van der Waals surface area contributed by atoms with Crippen LogP contribution >= 0.6 is 11.6 Å². The summed E-state index contributed by atoms with van der Waals surface area (Å²) in [5.41, 5.74) is -2.00. The van der Waals surface area contributed by atoms with E-state index >= 15 is 0 Å². The van der Waals surface area contributed by atoms with Gasteiger partial charge in [0.2, 0.25) is 5.82 Å². The first-order chi connectivity index (χ1) is 16.3. The fourth-order valence-corrected chi connectivity index (χ4v) is 3.46. The summed E-state index contributed by atoms with van der Waals surface area (Å²) in [6, 6.07) is 9.45. The minimum absolute atomic E-state index is 0.137. The second-order valence-electron chi connectivity index (χ2n) is 8.35. The summed E-state index contributed by atoms with van der Waals surface area (Å²) in [5, 5.41) is 7.28. The summed E-state index contributed by atoms with van der Waals surface area (Å²) in [6.07, 6.45) is -4.44. The molecule has 0 saturated carbocycles. The number of aromatic nitrogens is 2. The SMILES string of the molecule is CCOC(=O)C(C)(C)Oc1ccc(C(C)(NC)c2nc(-c3ccc(C(F)(F)F)cc3)no2)cc1Cl. The zero-order valence-electron chi connectivity index (χ0n) is 19.8. The molecule has 0 bridgehead atoms. The normalized spacial score (nSPS) is 13.9. The first-order valence-corrected chi connectivity index (χ1v) is 11.1. The predicted molar refractivity (Wildman–Crippen MR) is 123 cm³/mol. The Kier molecular flexibility index (Phi) is 7.47. The molecule has 3 rings (SSSR count). The van der Waals surface area contributed by atoms with E-state index in [1.54, 1.807) is 52.9 Å². The number of benzene rings is 2. The fraction of sp³-hybridized carbons (Fsp3) is 0.375. The Morgan fingerprint density at radius 2 is 1.71 bits per heavy atom. The van der Waals surface area contributed by atoms with Gasteiger partial charge in [-0.3, -0.25) is 0 Å². The van der Waals surface area contributed by atoms with Crippen LogP contribution in [0.5, 0.6) is 5.75 Å². The molecule has 1 atom stereocenters. The summed E-state index contributed by atoms with van der Waals surface area (Å²) in [7, 11) is 1.68. The van der Waals surface area contributed by atoms with E-state index in [1.807, 2.05) is 0 Å². The van der Waals surface area contributed by atoms with Gasteiger partial charge in [-0.15, -0.1) is 0 Å². The van der Waals surface area contributed by atoms with Gasteiger partial charge in [0.25, 0.3) is 5.89 Å². The molecule has 3 aromatic rings. The summed E-state index contributed by atoms with van der Waals surface area (Å²) >= 11 is 6.46. The highest BCUT2D eigenvalue weighted by molar-refractivity contribution is 6.32. The zero-order chi connectivity index (χ0) is 26.0. The van der Waals surface area contributed by atoms with Crippen molar-refractivity contribution in [2.45, 2.75) is 45.0 Å². The van der Waals surface area contributed by atoms with Crippen molar-refractivity contribution >= 4 is 17.6 Å². The summed E-state index contributed by atoms with van der Waals surface area (Å²) in [4.78, 5) is 16.5. The number of alkyl halides is 3. The van der Waals surface area contributed by atoms with Gasteiger partial charge in [0.05, 0.1) is 17.2 Å². The van der Waals surface area contributed by atoms with Crippen LogP contribution in [0.2, 0.25) is 5.02 Å². The Bertz CT molecular complexity index is 1200. The standard InChI is InChI=1S/C24H25ClF3N3O4/c1-6-33-21(32)22(2,3)34-18-12-11-16(13-17(18)25)23(4,29-5)20-30-19(31-35-20)14-7-9-15(10-8-14)24(26,27)28/h7-13,29H,6H2,1-5H3. The highest BCUT2D eigenvalue weighted by Gasteiger charge is 2.36. The van der Waals surface area contributed by atoms with Crippen molar-refractivity contribution in [3.05, 3.63) is 64.5 Å². The van der Waals surface area contributed by atoms with Gasteiger partial charge in [-0.2, -0.15) is 18.2 Å². The van der Waals surface area contributed by atoms with Crippen LogP contribution < -0.4 is 10.1 Å². The monoisotopic (exact) mass is 511 g/mol. The molecule has 11 heteroatoms. The van der Waals surface area contributed by atoms with E-state index in [2.05, 4.69) is 15.5 Å². The highest BCUT2D eigenvalue weighted by atomic mass is 35.5. The maximum Gasteiger partial charge on any atom is 0.416 e. The van der Waals surface area contributed by atoms with E-state index in [0.717, 1.165) is 12.1 Å². The predicted octanol–water partition coefficient (Wildman–Crippen LogP) is 5.61. The maximum absolute atomic E-state index is 12.8. The Balaban J connectivity index is 1.88. The molecule has 0 aliphatic carbocycles. The van der Waals surface area contributed by atoms with Crippen LogP contribution in [-0.2, 0) is 21.2 Å². The highest BCUT2D eigenvalue weighted by Crippen LogP contribution is 2.36. The van der Waals surface area contributed by atoms with Crippen LogP contribution in [0.4, 0.5) is 13.2 Å². The number of halogens is 4. The summed E-state index contributed by atoms with van der Waals surface area (Å²) in [6.45, 7) is 6.86. The second kappa shape index (κ2) is 9.87. The van der Waals surface area contributed by atoms with E-state index < -0.39 is 28.8 Å². The molecule has 7 nitrogen and oxygen atoms in total. The molecular formula is C24H25ClF3N3O4. The largest absolute Gasteiger partial charge is 0.475 e. The quantitative estimate of drug-likeness (QED) is 0.393. The van der Waals surface area contributed by atoms with E-state index in [-0.39, 0.29) is 29.1 Å². The minimum Gasteiger partial charge on any atom is -0.475 e. The molecule has 0 fully saturated rings. The molecular weight excluding hydrogens is 487 g/mol. The average molecular weight is 512 g/mol. The van der Waals surface area contributed by atoms with E-state index in [1.165, 1.54) is 12.1 Å². The van der Waals surface area contributed by atoms with Crippen LogP contribution in [0.25, 0.3) is 11.4 Å². The van der Waals surface area contributed by atoms with Gasteiger partial charge in [0.15, 0.2) is 5.60 Å². The number of rotatable bonds is 8. The van der Waals surface area contributed by atoms with Gasteiger partial charge in [0, 0.05) is 5.56 Å². The van der Waals surface area contributed by atoms with Gasteiger partial charge in [-0.1, -0.05) is 35.0 Å². The minimum atomic E-state index is -4.44. The molecule has 1 aromatic heterocycles. The molecule has 1 unspecified atom stereocenters. The number of carbonyl (C=O) groups excluding carboxylic acids is 1. The molecule has 1 heterocycles. The van der Waals surface area contributed by atoms with Crippen LogP contribution in [0, 0.1) is 0 Å². The molecule has 0 spiro atoms. The van der Waals surface area contributed by atoms with E-state index in [9.17, 15) is 18.0 Å². The van der Waals surface area contributed by atoms with Crippen LogP contribution in [-0.4, -0.2) is 35.4 Å². The molecule has 2 aromatic carbocycles. The third kappa shape index (κ3) is 5.59. The van der Waals surface area contributed by atoms with Crippen molar-refractivity contribution in [2.24, 2.45) is 0 Å². The number of ether oxygens (including phenoxy) is 2. The molecule has 1 N–H and O–H groups in total. The van der Waals surface area contributed by atoms with Crippen molar-refractivity contribution in [2.75, 3.05) is 13.7 Å². The Hall–Kier alpha value is -3.11. The third-order valence-corrected chi connectivity index (χ3v) is 5.76. The number of carbonyl (C=O) groups is 1. The number of hydrogen-bond donors (Lipinski definition) is 1. The van der Waals surface area contributed by atoms with Gasteiger partial charge in [0.1, 0.15) is 11.3 Å². The molecule has 35 heavy (non-hydrogen) atoms. The molecule has 0 radical (unpaired) electrons. The van der Waals surface area contributed by atoms with Crippen molar-refractivity contribution in [1.29, 1.82) is 0 Å². The molecule has 0 aliphatic heterocycles. The fourth-order valence-electron chi connectivity index (χ4n) is 3.24. The van der Waals surface area contributed by atoms with Gasteiger partial charge < -0.3 is 19.3 Å². The van der Waals surface area contributed by atoms with E-state index in [0.29, 0.717) is 11.1 Å². The lowest BCUT2D eigenvalue weighted by atomic mass is 9.92. The van der Waals surface area contributed by atoms with Crippen LogP contribution in [0.3, 0.4) is 0 Å². The summed E-state index contributed by atoms with van der Waals surface area (Å²) < 4.78 is 54.8. The lowest BCUT2D eigenvalue weighted by molar-refractivity contribution is -0.158. The first-order valence-electron chi connectivity index (χ1n) is 10.7.